The summed E-state index contributed by atoms with van der Waals surface area (Å²) in [6, 6.07) is 11.4. The van der Waals surface area contributed by atoms with E-state index in [0.717, 1.165) is 48.3 Å². The van der Waals surface area contributed by atoms with E-state index in [1.807, 2.05) is 36.4 Å². The van der Waals surface area contributed by atoms with Gasteiger partial charge in [-0.05, 0) is 73.2 Å². The Morgan fingerprint density at radius 2 is 0.941 bits per heavy atom. The van der Waals surface area contributed by atoms with Crippen LogP contribution in [0.3, 0.4) is 0 Å². The number of benzene rings is 2. The summed E-state index contributed by atoms with van der Waals surface area (Å²) in [5.74, 6) is 2.75. The highest BCUT2D eigenvalue weighted by Gasteiger charge is 2.07. The first-order valence-electron chi connectivity index (χ1n) is 12.3. The second-order valence-corrected chi connectivity index (χ2v) is 7.88. The molecule has 5 nitrogen and oxygen atoms in total. The fourth-order valence-corrected chi connectivity index (χ4v) is 2.98. The van der Waals surface area contributed by atoms with Crippen LogP contribution >= 0.6 is 0 Å². The summed E-state index contributed by atoms with van der Waals surface area (Å²) >= 11 is 0. The summed E-state index contributed by atoms with van der Waals surface area (Å²) in [6.45, 7) is 10.8. The number of ether oxygens (including phenoxy) is 4. The van der Waals surface area contributed by atoms with Crippen molar-refractivity contribution in [1.29, 1.82) is 0 Å². The third kappa shape index (κ3) is 9.34. The molecule has 184 valence electrons. The summed E-state index contributed by atoms with van der Waals surface area (Å²) in [5, 5.41) is 0. The van der Waals surface area contributed by atoms with Gasteiger partial charge in [-0.25, -0.2) is 0 Å². The van der Waals surface area contributed by atoms with E-state index in [9.17, 15) is 4.79 Å². The number of carbonyl (C=O) groups excluding carboxylic acids is 1. The second-order valence-electron chi connectivity index (χ2n) is 7.88. The van der Waals surface area contributed by atoms with Gasteiger partial charge in [0.25, 0.3) is 0 Å². The molecule has 5 heteroatoms. The SMILES string of the molecule is CCCOc1ccc(/C=C\C(=O)/C=C/c2ccc(OCCC)c(OCCC)c2)cc1OCCC. The standard InChI is InChI=1S/C29H38O5/c1-5-17-31-26-15-11-23(21-28(26)33-19-7-3)9-13-25(30)14-10-24-12-16-27(32-18-6-2)29(22-24)34-20-8-4/h9-16,21-22H,5-8,17-20H2,1-4H3/b13-9-,14-10+. The van der Waals surface area contributed by atoms with Crippen LogP contribution in [0.2, 0.25) is 0 Å². The van der Waals surface area contributed by atoms with Gasteiger partial charge in [0.1, 0.15) is 0 Å². The summed E-state index contributed by atoms with van der Waals surface area (Å²) in [5.41, 5.74) is 1.76. The highest BCUT2D eigenvalue weighted by molar-refractivity contribution is 6.04. The highest BCUT2D eigenvalue weighted by atomic mass is 16.5. The molecule has 0 amide bonds. The van der Waals surface area contributed by atoms with Crippen LogP contribution in [-0.2, 0) is 4.79 Å². The Bertz CT molecular complexity index is 870. The van der Waals surface area contributed by atoms with Crippen molar-refractivity contribution >= 4 is 17.9 Å². The average Bonchev–Trinajstić information content (AvgIpc) is 2.86. The van der Waals surface area contributed by atoms with Gasteiger partial charge in [0.2, 0.25) is 0 Å². The Hall–Kier alpha value is -3.21. The minimum atomic E-state index is -0.107. The van der Waals surface area contributed by atoms with Crippen LogP contribution in [0.15, 0.2) is 48.6 Å². The van der Waals surface area contributed by atoms with Gasteiger partial charge in [-0.2, -0.15) is 0 Å². The van der Waals surface area contributed by atoms with Crippen molar-refractivity contribution in [2.75, 3.05) is 26.4 Å². The summed E-state index contributed by atoms with van der Waals surface area (Å²) in [4.78, 5) is 12.4. The maximum atomic E-state index is 12.4. The number of ketones is 1. The number of hydrogen-bond donors (Lipinski definition) is 0. The van der Waals surface area contributed by atoms with Crippen LogP contribution in [0.1, 0.15) is 64.5 Å². The maximum Gasteiger partial charge on any atom is 0.178 e. The van der Waals surface area contributed by atoms with Gasteiger partial charge in [-0.3, -0.25) is 4.79 Å². The lowest BCUT2D eigenvalue weighted by Crippen LogP contribution is -2.01. The third-order valence-corrected chi connectivity index (χ3v) is 4.66. The van der Waals surface area contributed by atoms with E-state index < -0.39 is 0 Å². The van der Waals surface area contributed by atoms with Crippen molar-refractivity contribution in [1.82, 2.24) is 0 Å². The summed E-state index contributed by atoms with van der Waals surface area (Å²) in [7, 11) is 0. The molecule has 0 spiro atoms. The van der Waals surface area contributed by atoms with Crippen LogP contribution in [0.25, 0.3) is 12.2 Å². The van der Waals surface area contributed by atoms with E-state index >= 15 is 0 Å². The van der Waals surface area contributed by atoms with Crippen molar-refractivity contribution < 1.29 is 23.7 Å². The smallest absolute Gasteiger partial charge is 0.178 e. The molecule has 0 aliphatic heterocycles. The monoisotopic (exact) mass is 466 g/mol. The molecule has 0 bridgehead atoms. The molecule has 0 fully saturated rings. The lowest BCUT2D eigenvalue weighted by molar-refractivity contribution is -0.110. The Labute approximate surface area is 204 Å². The van der Waals surface area contributed by atoms with Gasteiger partial charge >= 0.3 is 0 Å². The van der Waals surface area contributed by atoms with E-state index in [-0.39, 0.29) is 5.78 Å². The van der Waals surface area contributed by atoms with Gasteiger partial charge in [-0.1, -0.05) is 52.0 Å². The zero-order chi connectivity index (χ0) is 24.6. The lowest BCUT2D eigenvalue weighted by atomic mass is 10.1. The first kappa shape index (κ1) is 27.0. The first-order chi connectivity index (χ1) is 16.6. The average molecular weight is 467 g/mol. The molecular formula is C29H38O5. The molecule has 0 aliphatic carbocycles. The minimum absolute atomic E-state index is 0.107. The van der Waals surface area contributed by atoms with E-state index in [0.29, 0.717) is 37.9 Å². The molecule has 2 aromatic rings. The van der Waals surface area contributed by atoms with Gasteiger partial charge < -0.3 is 18.9 Å². The maximum absolute atomic E-state index is 12.4. The van der Waals surface area contributed by atoms with Gasteiger partial charge in [0.05, 0.1) is 26.4 Å². The molecule has 0 unspecified atom stereocenters. The number of allylic oxidation sites excluding steroid dienone is 2. The second kappa shape index (κ2) is 15.6. The Morgan fingerprint density at radius 1 is 0.588 bits per heavy atom. The van der Waals surface area contributed by atoms with Crippen LogP contribution in [0, 0.1) is 0 Å². The summed E-state index contributed by atoms with van der Waals surface area (Å²) < 4.78 is 23.2. The largest absolute Gasteiger partial charge is 0.490 e. The first-order valence-corrected chi connectivity index (χ1v) is 12.3. The fraction of sp³-hybridized carbons (Fsp3) is 0.414. The molecular weight excluding hydrogens is 428 g/mol. The molecule has 0 radical (unpaired) electrons. The zero-order valence-electron chi connectivity index (χ0n) is 21.0. The normalized spacial score (nSPS) is 11.2. The molecule has 34 heavy (non-hydrogen) atoms. The van der Waals surface area contributed by atoms with E-state index in [2.05, 4.69) is 27.7 Å². The van der Waals surface area contributed by atoms with Crippen molar-refractivity contribution in [2.24, 2.45) is 0 Å². The summed E-state index contributed by atoms with van der Waals surface area (Å²) in [6.07, 6.45) is 10.3. The fourth-order valence-electron chi connectivity index (χ4n) is 2.98. The molecule has 0 N–H and O–H groups in total. The molecule has 2 aromatic carbocycles. The van der Waals surface area contributed by atoms with E-state index in [1.165, 1.54) is 0 Å². The van der Waals surface area contributed by atoms with Gasteiger partial charge in [-0.15, -0.1) is 0 Å². The molecule has 0 heterocycles. The molecule has 0 saturated heterocycles. The van der Waals surface area contributed by atoms with Crippen molar-refractivity contribution in [3.05, 3.63) is 59.7 Å². The van der Waals surface area contributed by atoms with Gasteiger partial charge in [0, 0.05) is 0 Å². The molecule has 0 aliphatic rings. The molecule has 0 aromatic heterocycles. The number of rotatable bonds is 16. The highest BCUT2D eigenvalue weighted by Crippen LogP contribution is 2.30. The number of carbonyl (C=O) groups is 1. The quantitative estimate of drug-likeness (QED) is 0.246. The topological polar surface area (TPSA) is 54.0 Å². The molecule has 0 atom stereocenters. The van der Waals surface area contributed by atoms with Crippen molar-refractivity contribution in [3.63, 3.8) is 0 Å². The predicted molar refractivity (Wildman–Crippen MR) is 139 cm³/mol. The predicted octanol–water partition coefficient (Wildman–Crippen LogP) is 7.14. The van der Waals surface area contributed by atoms with E-state index in [1.54, 1.807) is 24.3 Å². The molecule has 2 rings (SSSR count). The number of hydrogen-bond acceptors (Lipinski definition) is 5. The lowest BCUT2D eigenvalue weighted by Gasteiger charge is -2.12. The Balaban J connectivity index is 2.09. The Morgan fingerprint density at radius 3 is 1.29 bits per heavy atom. The third-order valence-electron chi connectivity index (χ3n) is 4.66. The van der Waals surface area contributed by atoms with Crippen LogP contribution in [0.4, 0.5) is 0 Å². The van der Waals surface area contributed by atoms with Crippen LogP contribution in [0.5, 0.6) is 23.0 Å². The minimum Gasteiger partial charge on any atom is -0.490 e. The zero-order valence-corrected chi connectivity index (χ0v) is 21.0. The van der Waals surface area contributed by atoms with Crippen LogP contribution in [-0.4, -0.2) is 32.2 Å². The Kier molecular flexibility index (Phi) is 12.4. The van der Waals surface area contributed by atoms with Crippen LogP contribution < -0.4 is 18.9 Å². The van der Waals surface area contributed by atoms with E-state index in [4.69, 9.17) is 18.9 Å². The van der Waals surface area contributed by atoms with Crippen molar-refractivity contribution in [3.8, 4) is 23.0 Å². The molecule has 0 saturated carbocycles. The van der Waals surface area contributed by atoms with Crippen molar-refractivity contribution in [2.45, 2.75) is 53.4 Å². The van der Waals surface area contributed by atoms with Gasteiger partial charge in [0.15, 0.2) is 28.8 Å².